The Kier molecular flexibility index (Phi) is 4.23. The van der Waals surface area contributed by atoms with Crippen LogP contribution in [0.1, 0.15) is 22.1 Å². The molecule has 0 fully saturated rings. The van der Waals surface area contributed by atoms with Gasteiger partial charge in [-0.3, -0.25) is 0 Å². The zero-order valence-electron chi connectivity index (χ0n) is 10.9. The molecule has 1 atom stereocenters. The van der Waals surface area contributed by atoms with Crippen LogP contribution in [-0.4, -0.2) is 7.11 Å². The topological polar surface area (TPSA) is 9.23 Å². The third-order valence-electron chi connectivity index (χ3n) is 3.02. The van der Waals surface area contributed by atoms with Crippen LogP contribution in [0, 0.1) is 24.4 Å². The second-order valence-electron chi connectivity index (χ2n) is 4.38. The molecule has 20 heavy (non-hydrogen) atoms. The Labute approximate surface area is 119 Å². The van der Waals surface area contributed by atoms with Gasteiger partial charge in [0.1, 0.15) is 23.2 Å². The number of ether oxygens (including phenoxy) is 1. The van der Waals surface area contributed by atoms with Crippen LogP contribution >= 0.6 is 11.6 Å². The molecule has 2 aromatic carbocycles. The lowest BCUT2D eigenvalue weighted by Gasteiger charge is -2.14. The molecule has 0 N–H and O–H groups in total. The molecule has 0 saturated carbocycles. The van der Waals surface area contributed by atoms with Crippen molar-refractivity contribution >= 4 is 11.6 Å². The first kappa shape index (κ1) is 14.7. The van der Waals surface area contributed by atoms with Gasteiger partial charge in [-0.15, -0.1) is 11.6 Å². The summed E-state index contributed by atoms with van der Waals surface area (Å²) in [4.78, 5) is 0. The van der Waals surface area contributed by atoms with E-state index in [4.69, 9.17) is 16.3 Å². The molecular weight excluding hydrogens is 289 g/mol. The van der Waals surface area contributed by atoms with Crippen molar-refractivity contribution in [3.8, 4) is 5.75 Å². The number of alkyl halides is 1. The minimum absolute atomic E-state index is 0.0721. The van der Waals surface area contributed by atoms with Gasteiger partial charge in [-0.1, -0.05) is 12.1 Å². The Morgan fingerprint density at radius 2 is 1.60 bits per heavy atom. The zero-order chi connectivity index (χ0) is 14.9. The summed E-state index contributed by atoms with van der Waals surface area (Å²) in [6.07, 6.45) is 0. The molecule has 0 aliphatic rings. The first-order valence-electron chi connectivity index (χ1n) is 5.87. The van der Waals surface area contributed by atoms with Crippen LogP contribution in [0.25, 0.3) is 0 Å². The maximum absolute atomic E-state index is 13.9. The van der Waals surface area contributed by atoms with Gasteiger partial charge in [-0.25, -0.2) is 13.2 Å². The van der Waals surface area contributed by atoms with Gasteiger partial charge in [0.05, 0.1) is 12.5 Å². The summed E-state index contributed by atoms with van der Waals surface area (Å²) in [5, 5.41) is -1.04. The van der Waals surface area contributed by atoms with Gasteiger partial charge >= 0.3 is 0 Å². The molecule has 0 aromatic heterocycles. The third-order valence-corrected chi connectivity index (χ3v) is 3.49. The van der Waals surface area contributed by atoms with Crippen molar-refractivity contribution in [3.63, 3.8) is 0 Å². The molecule has 0 saturated heterocycles. The summed E-state index contributed by atoms with van der Waals surface area (Å²) < 4.78 is 45.9. The van der Waals surface area contributed by atoms with Gasteiger partial charge in [-0.05, 0) is 24.1 Å². The first-order chi connectivity index (χ1) is 9.43. The first-order valence-corrected chi connectivity index (χ1v) is 6.30. The molecular formula is C15H12ClF3O. The van der Waals surface area contributed by atoms with Crippen molar-refractivity contribution < 1.29 is 17.9 Å². The van der Waals surface area contributed by atoms with Gasteiger partial charge in [0, 0.05) is 17.7 Å². The van der Waals surface area contributed by atoms with Crippen molar-refractivity contribution in [2.24, 2.45) is 0 Å². The van der Waals surface area contributed by atoms with Crippen molar-refractivity contribution in [3.05, 3.63) is 64.5 Å². The maximum Gasteiger partial charge on any atom is 0.134 e. The third kappa shape index (κ3) is 2.75. The lowest BCUT2D eigenvalue weighted by atomic mass is 10.0. The molecule has 0 bridgehead atoms. The van der Waals surface area contributed by atoms with Gasteiger partial charge in [0.15, 0.2) is 0 Å². The molecule has 106 valence electrons. The number of hydrogen-bond donors (Lipinski definition) is 0. The molecule has 1 nitrogen and oxygen atoms in total. The van der Waals surface area contributed by atoms with Crippen LogP contribution in [0.2, 0.25) is 0 Å². The highest BCUT2D eigenvalue weighted by molar-refractivity contribution is 6.22. The highest BCUT2D eigenvalue weighted by Gasteiger charge is 2.21. The van der Waals surface area contributed by atoms with Crippen molar-refractivity contribution in [2.45, 2.75) is 12.3 Å². The largest absolute Gasteiger partial charge is 0.497 e. The van der Waals surface area contributed by atoms with Gasteiger partial charge < -0.3 is 4.74 Å². The lowest BCUT2D eigenvalue weighted by molar-refractivity contribution is 0.405. The smallest absolute Gasteiger partial charge is 0.134 e. The molecule has 0 aliphatic carbocycles. The molecule has 0 heterocycles. The van der Waals surface area contributed by atoms with Gasteiger partial charge in [0.25, 0.3) is 0 Å². The predicted octanol–water partition coefficient (Wildman–Crippen LogP) is 4.75. The Balaban J connectivity index is 2.47. The second-order valence-corrected chi connectivity index (χ2v) is 4.81. The van der Waals surface area contributed by atoms with E-state index in [0.717, 1.165) is 12.1 Å². The van der Waals surface area contributed by atoms with Crippen LogP contribution in [0.15, 0.2) is 30.3 Å². The molecule has 1 unspecified atom stereocenters. The van der Waals surface area contributed by atoms with E-state index >= 15 is 0 Å². The normalized spacial score (nSPS) is 12.3. The Hall–Kier alpha value is -1.68. The molecule has 0 radical (unpaired) electrons. The van der Waals surface area contributed by atoms with Gasteiger partial charge in [0.2, 0.25) is 0 Å². The monoisotopic (exact) mass is 300 g/mol. The fourth-order valence-corrected chi connectivity index (χ4v) is 2.26. The average Bonchev–Trinajstić information content (AvgIpc) is 2.40. The SMILES string of the molecule is COc1cc(F)c(C(Cl)c2ccc(F)c(C)c2)c(F)c1. The van der Waals surface area contributed by atoms with E-state index in [1.807, 2.05) is 0 Å². The summed E-state index contributed by atoms with van der Waals surface area (Å²) in [7, 11) is 1.31. The van der Waals surface area contributed by atoms with E-state index in [0.29, 0.717) is 11.1 Å². The Morgan fingerprint density at radius 1 is 1.00 bits per heavy atom. The number of rotatable bonds is 3. The second kappa shape index (κ2) is 5.75. The van der Waals surface area contributed by atoms with Gasteiger partial charge in [-0.2, -0.15) is 0 Å². The summed E-state index contributed by atoms with van der Waals surface area (Å²) >= 11 is 6.12. The quantitative estimate of drug-likeness (QED) is 0.743. The average molecular weight is 301 g/mol. The predicted molar refractivity (Wildman–Crippen MR) is 71.7 cm³/mol. The maximum atomic E-state index is 13.9. The molecule has 2 aromatic rings. The molecule has 0 spiro atoms. The Bertz CT molecular complexity index is 620. The number of methoxy groups -OCH3 is 1. The summed E-state index contributed by atoms with van der Waals surface area (Å²) in [6, 6.07) is 6.22. The minimum atomic E-state index is -1.04. The zero-order valence-corrected chi connectivity index (χ0v) is 11.6. The number of halogens is 4. The van der Waals surface area contributed by atoms with E-state index < -0.39 is 22.8 Å². The number of benzene rings is 2. The van der Waals surface area contributed by atoms with E-state index in [2.05, 4.69) is 0 Å². The van der Waals surface area contributed by atoms with Crippen LogP contribution in [0.5, 0.6) is 5.75 Å². The molecule has 0 aliphatic heterocycles. The van der Waals surface area contributed by atoms with Crippen LogP contribution in [0.4, 0.5) is 13.2 Å². The van der Waals surface area contributed by atoms with E-state index in [1.165, 1.54) is 25.3 Å². The fourth-order valence-electron chi connectivity index (χ4n) is 1.91. The molecule has 2 rings (SSSR count). The minimum Gasteiger partial charge on any atom is -0.497 e. The van der Waals surface area contributed by atoms with Crippen LogP contribution in [0.3, 0.4) is 0 Å². The summed E-state index contributed by atoms with van der Waals surface area (Å²) in [5.74, 6) is -1.93. The molecule has 5 heteroatoms. The highest BCUT2D eigenvalue weighted by Crippen LogP contribution is 2.35. The number of aryl methyl sites for hydroxylation is 1. The van der Waals surface area contributed by atoms with E-state index in [-0.39, 0.29) is 11.3 Å². The molecule has 0 amide bonds. The van der Waals surface area contributed by atoms with Crippen molar-refractivity contribution in [1.82, 2.24) is 0 Å². The number of hydrogen-bond acceptors (Lipinski definition) is 1. The summed E-state index contributed by atoms with van der Waals surface area (Å²) in [6.45, 7) is 1.56. The van der Waals surface area contributed by atoms with Crippen molar-refractivity contribution in [2.75, 3.05) is 7.11 Å². The van der Waals surface area contributed by atoms with Crippen LogP contribution in [-0.2, 0) is 0 Å². The fraction of sp³-hybridized carbons (Fsp3) is 0.200. The van der Waals surface area contributed by atoms with Crippen molar-refractivity contribution in [1.29, 1.82) is 0 Å². The van der Waals surface area contributed by atoms with E-state index in [9.17, 15) is 13.2 Å². The van der Waals surface area contributed by atoms with Crippen LogP contribution < -0.4 is 4.74 Å². The van der Waals surface area contributed by atoms with E-state index in [1.54, 1.807) is 6.92 Å². The Morgan fingerprint density at radius 3 is 2.10 bits per heavy atom. The standard InChI is InChI=1S/C15H12ClF3O/c1-8-5-9(3-4-11(8)17)15(16)14-12(18)6-10(20-2)7-13(14)19/h3-7,15H,1-2H3. The lowest BCUT2D eigenvalue weighted by Crippen LogP contribution is -2.03. The summed E-state index contributed by atoms with van der Waals surface area (Å²) in [5.41, 5.74) is 0.509. The highest BCUT2D eigenvalue weighted by atomic mass is 35.5.